The molecule has 0 atom stereocenters. The van der Waals surface area contributed by atoms with Crippen LogP contribution in [-0.4, -0.2) is 80.3 Å². The van der Waals surface area contributed by atoms with Gasteiger partial charge in [0.15, 0.2) is 19.7 Å². The Morgan fingerprint density at radius 1 is 0.941 bits per heavy atom. The van der Waals surface area contributed by atoms with Crippen LogP contribution in [0.25, 0.3) is 11.0 Å². The molecule has 0 saturated carbocycles. The van der Waals surface area contributed by atoms with E-state index < -0.39 is 53.7 Å². The summed E-state index contributed by atoms with van der Waals surface area (Å²) >= 11 is 0. The third kappa shape index (κ3) is 6.20. The van der Waals surface area contributed by atoms with E-state index in [-0.39, 0.29) is 34.3 Å². The van der Waals surface area contributed by atoms with Gasteiger partial charge in [-0.25, -0.2) is 21.5 Å². The van der Waals surface area contributed by atoms with Crippen LogP contribution in [0.4, 0.5) is 11.4 Å². The van der Waals surface area contributed by atoms with Crippen LogP contribution in [0.15, 0.2) is 46.2 Å². The number of nitrogens with two attached hydrogens (primary N) is 1. The second-order valence-electron chi connectivity index (χ2n) is 7.29. The molecule has 16 heteroatoms. The lowest BCUT2D eigenvalue weighted by Crippen LogP contribution is -2.19. The van der Waals surface area contributed by atoms with E-state index in [1.807, 2.05) is 0 Å². The molecular formula is C18H23N5O8S3. The summed E-state index contributed by atoms with van der Waals surface area (Å²) in [5, 5.41) is 19.8. The molecule has 0 aliphatic rings. The Hall–Kier alpha value is -2.79. The molecule has 13 nitrogen and oxygen atoms in total. The summed E-state index contributed by atoms with van der Waals surface area (Å²) in [7, 11) is -12.2. The van der Waals surface area contributed by atoms with Gasteiger partial charge in [-0.15, -0.1) is 5.10 Å². The second-order valence-corrected chi connectivity index (χ2v) is 13.1. The van der Waals surface area contributed by atoms with Crippen LogP contribution in [0.1, 0.15) is 0 Å². The summed E-state index contributed by atoms with van der Waals surface area (Å²) in [4.78, 5) is -0.195. The summed E-state index contributed by atoms with van der Waals surface area (Å²) in [6.45, 7) is -0.0841. The maximum atomic E-state index is 12.6. The highest BCUT2D eigenvalue weighted by Gasteiger charge is 2.22. The normalized spacial score (nSPS) is 12.8. The summed E-state index contributed by atoms with van der Waals surface area (Å²) in [5.41, 5.74) is 6.92. The van der Waals surface area contributed by atoms with Crippen molar-refractivity contribution in [2.45, 2.75) is 16.3 Å². The predicted molar refractivity (Wildman–Crippen MR) is 124 cm³/mol. The van der Waals surface area contributed by atoms with Gasteiger partial charge in [-0.2, -0.15) is 8.42 Å². The zero-order chi connectivity index (χ0) is 25.1. The lowest BCUT2D eigenvalue weighted by Gasteiger charge is -2.13. The molecule has 0 bridgehead atoms. The molecule has 2 aromatic carbocycles. The Labute approximate surface area is 196 Å². The van der Waals surface area contributed by atoms with Crippen molar-refractivity contribution in [2.24, 2.45) is 0 Å². The van der Waals surface area contributed by atoms with E-state index in [0.717, 1.165) is 0 Å². The van der Waals surface area contributed by atoms with Gasteiger partial charge in [0.2, 0.25) is 0 Å². The Kier molecular flexibility index (Phi) is 7.47. The fourth-order valence-electron chi connectivity index (χ4n) is 3.11. The topological polar surface area (TPSA) is 212 Å². The van der Waals surface area contributed by atoms with Crippen LogP contribution in [0.2, 0.25) is 0 Å². The van der Waals surface area contributed by atoms with Crippen molar-refractivity contribution >= 4 is 52.2 Å². The SMILES string of the molecule is Nc1ccc(NCCn2nnc3cc(S(=O)(=O)CCO)ccc32)c(S(=O)(=O)CCS(=O)(=O)O)c1. The minimum Gasteiger partial charge on any atom is -0.399 e. The smallest absolute Gasteiger partial charge is 0.265 e. The first kappa shape index (κ1) is 25.8. The predicted octanol–water partition coefficient (Wildman–Crippen LogP) is -0.447. The first-order valence-electron chi connectivity index (χ1n) is 9.80. The minimum atomic E-state index is -4.47. The van der Waals surface area contributed by atoms with Crippen molar-refractivity contribution < 1.29 is 34.9 Å². The highest BCUT2D eigenvalue weighted by molar-refractivity contribution is 7.93. The van der Waals surface area contributed by atoms with Crippen LogP contribution in [0, 0.1) is 0 Å². The lowest BCUT2D eigenvalue weighted by atomic mass is 10.3. The highest BCUT2D eigenvalue weighted by Crippen LogP contribution is 2.25. The quantitative estimate of drug-likeness (QED) is 0.182. The molecule has 0 amide bonds. The molecule has 0 unspecified atom stereocenters. The number of fused-ring (bicyclic) bond motifs is 1. The maximum absolute atomic E-state index is 12.6. The number of nitrogen functional groups attached to an aromatic ring is 1. The zero-order valence-electron chi connectivity index (χ0n) is 17.7. The van der Waals surface area contributed by atoms with Gasteiger partial charge in [-0.3, -0.25) is 4.55 Å². The van der Waals surface area contributed by atoms with Crippen LogP contribution in [0.3, 0.4) is 0 Å². The molecule has 186 valence electrons. The van der Waals surface area contributed by atoms with Gasteiger partial charge < -0.3 is 16.2 Å². The third-order valence-corrected chi connectivity index (χ3v) is 9.21. The largest absolute Gasteiger partial charge is 0.399 e. The maximum Gasteiger partial charge on any atom is 0.265 e. The van der Waals surface area contributed by atoms with Crippen LogP contribution < -0.4 is 11.1 Å². The monoisotopic (exact) mass is 533 g/mol. The number of aromatic nitrogens is 3. The fraction of sp³-hybridized carbons (Fsp3) is 0.333. The van der Waals surface area contributed by atoms with Gasteiger partial charge in [0.05, 0.1) is 51.4 Å². The Morgan fingerprint density at radius 2 is 1.68 bits per heavy atom. The molecular weight excluding hydrogens is 510 g/mol. The highest BCUT2D eigenvalue weighted by atomic mass is 32.2. The first-order chi connectivity index (χ1) is 15.8. The van der Waals surface area contributed by atoms with E-state index in [1.54, 1.807) is 0 Å². The molecule has 0 radical (unpaired) electrons. The van der Waals surface area contributed by atoms with Crippen molar-refractivity contribution in [2.75, 3.05) is 41.5 Å². The van der Waals surface area contributed by atoms with Gasteiger partial charge in [0, 0.05) is 12.2 Å². The Bertz CT molecular complexity index is 1520. The molecule has 0 saturated heterocycles. The van der Waals surface area contributed by atoms with Gasteiger partial charge in [-0.1, -0.05) is 5.21 Å². The Balaban J connectivity index is 1.77. The molecule has 1 aromatic heterocycles. The number of sulfone groups is 2. The number of nitrogens with one attached hydrogen (secondary N) is 1. The number of aliphatic hydroxyl groups excluding tert-OH is 1. The van der Waals surface area contributed by atoms with E-state index in [2.05, 4.69) is 15.6 Å². The van der Waals surface area contributed by atoms with E-state index in [9.17, 15) is 25.3 Å². The second kappa shape index (κ2) is 9.83. The summed E-state index contributed by atoms with van der Waals surface area (Å²) in [5.74, 6) is -2.18. The minimum absolute atomic E-state index is 0.0147. The van der Waals surface area contributed by atoms with Gasteiger partial charge in [0.1, 0.15) is 5.52 Å². The third-order valence-electron chi connectivity index (χ3n) is 4.79. The average molecular weight is 534 g/mol. The average Bonchev–Trinajstić information content (AvgIpc) is 3.15. The van der Waals surface area contributed by atoms with Gasteiger partial charge in [0.25, 0.3) is 10.1 Å². The van der Waals surface area contributed by atoms with Crippen molar-refractivity contribution in [1.82, 2.24) is 15.0 Å². The van der Waals surface area contributed by atoms with Crippen molar-refractivity contribution in [1.29, 1.82) is 0 Å². The Morgan fingerprint density at radius 3 is 2.35 bits per heavy atom. The molecule has 0 aliphatic heterocycles. The summed E-state index contributed by atoms with van der Waals surface area (Å²) in [6.07, 6.45) is 0. The number of hydrogen-bond acceptors (Lipinski definition) is 11. The summed E-state index contributed by atoms with van der Waals surface area (Å²) in [6, 6.07) is 8.39. The molecule has 3 aromatic rings. The van der Waals surface area contributed by atoms with Crippen LogP contribution in [-0.2, 0) is 36.3 Å². The zero-order valence-corrected chi connectivity index (χ0v) is 20.1. The molecule has 5 N–H and O–H groups in total. The lowest BCUT2D eigenvalue weighted by molar-refractivity contribution is 0.319. The number of nitrogens with zero attached hydrogens (tertiary/aromatic N) is 3. The standard InChI is InChI=1S/C18H23N5O8S3/c19-13-1-3-15(18(11-13)33(27,28)9-10-34(29,30)31)20-5-6-23-17-4-2-14(12-16(17)21-22-23)32(25,26)8-7-24/h1-4,11-12,20,24H,5-10,19H2,(H,29,30,31). The molecule has 0 spiro atoms. The van der Waals surface area contributed by atoms with E-state index in [0.29, 0.717) is 11.0 Å². The van der Waals surface area contributed by atoms with Gasteiger partial charge >= 0.3 is 0 Å². The molecule has 3 rings (SSSR count). The van der Waals surface area contributed by atoms with Crippen molar-refractivity contribution in [3.63, 3.8) is 0 Å². The number of anilines is 2. The first-order valence-corrected chi connectivity index (χ1v) is 14.7. The van der Waals surface area contributed by atoms with Crippen LogP contribution in [0.5, 0.6) is 0 Å². The number of hydrogen-bond donors (Lipinski definition) is 4. The number of aliphatic hydroxyl groups is 1. The number of rotatable bonds is 11. The van der Waals surface area contributed by atoms with Crippen LogP contribution >= 0.6 is 0 Å². The molecule has 0 fully saturated rings. The van der Waals surface area contributed by atoms with E-state index in [4.69, 9.17) is 15.4 Å². The summed E-state index contributed by atoms with van der Waals surface area (Å²) < 4.78 is 81.8. The van der Waals surface area contributed by atoms with Crippen molar-refractivity contribution in [3.05, 3.63) is 36.4 Å². The fourth-order valence-corrected chi connectivity index (χ4v) is 6.89. The van der Waals surface area contributed by atoms with E-state index >= 15 is 0 Å². The van der Waals surface area contributed by atoms with Crippen molar-refractivity contribution in [3.8, 4) is 0 Å². The number of benzene rings is 2. The van der Waals surface area contributed by atoms with Gasteiger partial charge in [-0.05, 0) is 36.4 Å². The van der Waals surface area contributed by atoms with E-state index in [1.165, 1.54) is 41.1 Å². The molecule has 0 aliphatic carbocycles. The molecule has 1 heterocycles. The molecule has 34 heavy (non-hydrogen) atoms.